The number of nitrogens with zero attached hydrogens (tertiary/aromatic N) is 4. The molecule has 1 unspecified atom stereocenters. The van der Waals surface area contributed by atoms with E-state index in [1.807, 2.05) is 11.1 Å². The molecule has 1 aliphatic heterocycles. The second-order valence-corrected chi connectivity index (χ2v) is 6.77. The zero-order chi connectivity index (χ0) is 17.8. The highest BCUT2D eigenvalue weighted by Gasteiger charge is 2.28. The predicted octanol–water partition coefficient (Wildman–Crippen LogP) is 3.18. The van der Waals surface area contributed by atoms with E-state index < -0.39 is 0 Å². The number of hydrogen-bond donors (Lipinski definition) is 0. The second kappa shape index (κ2) is 7.52. The van der Waals surface area contributed by atoms with E-state index in [4.69, 9.17) is 5.26 Å². The number of carbonyl (C=O) groups excluding carboxylic acids is 1. The molecule has 1 fully saturated rings. The minimum atomic E-state index is 0.0210. The first-order valence-corrected chi connectivity index (χ1v) is 8.92. The Morgan fingerprint density at radius 1 is 1.44 bits per heavy atom. The average molecular weight is 336 g/mol. The number of hydrogen-bond acceptors (Lipinski definition) is 3. The van der Waals surface area contributed by atoms with Gasteiger partial charge < -0.3 is 9.47 Å². The lowest BCUT2D eigenvalue weighted by atomic mass is 10.0. The Morgan fingerprint density at radius 3 is 3.04 bits per heavy atom. The minimum Gasteiger partial charge on any atom is -0.338 e. The molecule has 0 radical (unpaired) electrons. The fraction of sp³-hybridized carbons (Fsp3) is 0.450. The van der Waals surface area contributed by atoms with E-state index in [1.54, 1.807) is 24.3 Å². The third-order valence-corrected chi connectivity index (χ3v) is 4.87. The molecule has 1 saturated heterocycles. The largest absolute Gasteiger partial charge is 0.338 e. The minimum absolute atomic E-state index is 0.0210. The zero-order valence-electron chi connectivity index (χ0n) is 14.9. The van der Waals surface area contributed by atoms with Gasteiger partial charge in [0, 0.05) is 43.5 Å². The van der Waals surface area contributed by atoms with E-state index >= 15 is 0 Å². The number of rotatable bonds is 5. The van der Waals surface area contributed by atoms with Gasteiger partial charge in [0.15, 0.2) is 0 Å². The van der Waals surface area contributed by atoms with Crippen LogP contribution in [0.15, 0.2) is 30.5 Å². The van der Waals surface area contributed by atoms with Crippen LogP contribution in [-0.2, 0) is 13.0 Å². The van der Waals surface area contributed by atoms with Crippen LogP contribution in [-0.4, -0.2) is 33.4 Å². The van der Waals surface area contributed by atoms with Gasteiger partial charge in [-0.25, -0.2) is 4.98 Å². The molecular weight excluding hydrogens is 312 g/mol. The first-order valence-electron chi connectivity index (χ1n) is 8.92. The molecule has 25 heavy (non-hydrogen) atoms. The highest BCUT2D eigenvalue weighted by Crippen LogP contribution is 2.23. The lowest BCUT2D eigenvalue weighted by molar-refractivity contribution is 0.0787. The first-order chi connectivity index (χ1) is 12.1. The van der Waals surface area contributed by atoms with Crippen LogP contribution in [0.1, 0.15) is 47.2 Å². The third-order valence-electron chi connectivity index (χ3n) is 4.87. The van der Waals surface area contributed by atoms with Crippen LogP contribution in [0.4, 0.5) is 0 Å². The summed E-state index contributed by atoms with van der Waals surface area (Å²) >= 11 is 0. The molecule has 5 heteroatoms. The highest BCUT2D eigenvalue weighted by molar-refractivity contribution is 5.94. The van der Waals surface area contributed by atoms with Crippen LogP contribution in [0.25, 0.3) is 0 Å². The van der Waals surface area contributed by atoms with Crippen molar-refractivity contribution in [2.45, 2.75) is 39.7 Å². The van der Waals surface area contributed by atoms with Gasteiger partial charge in [-0.1, -0.05) is 13.0 Å². The van der Waals surface area contributed by atoms with Crippen molar-refractivity contribution in [3.05, 3.63) is 53.1 Å². The topological polar surface area (TPSA) is 61.9 Å². The SMILES string of the molecule is CCCn1c(C)cnc1CC1CCN(C(=O)c2cccc(C#N)c2)C1. The van der Waals surface area contributed by atoms with E-state index in [-0.39, 0.29) is 5.91 Å². The molecule has 2 aromatic rings. The summed E-state index contributed by atoms with van der Waals surface area (Å²) in [6.07, 6.45) is 4.95. The van der Waals surface area contributed by atoms with Crippen molar-refractivity contribution in [2.75, 3.05) is 13.1 Å². The number of carbonyl (C=O) groups is 1. The van der Waals surface area contributed by atoms with Crippen molar-refractivity contribution < 1.29 is 4.79 Å². The maximum atomic E-state index is 12.7. The van der Waals surface area contributed by atoms with Crippen LogP contribution in [0.5, 0.6) is 0 Å². The molecule has 1 aromatic carbocycles. The van der Waals surface area contributed by atoms with Gasteiger partial charge in [0.05, 0.1) is 11.6 Å². The normalized spacial score (nSPS) is 16.8. The lowest BCUT2D eigenvalue weighted by Crippen LogP contribution is -2.29. The molecule has 130 valence electrons. The van der Waals surface area contributed by atoms with Crippen molar-refractivity contribution in [1.82, 2.24) is 14.5 Å². The monoisotopic (exact) mass is 336 g/mol. The molecule has 5 nitrogen and oxygen atoms in total. The second-order valence-electron chi connectivity index (χ2n) is 6.77. The van der Waals surface area contributed by atoms with Crippen LogP contribution in [0, 0.1) is 24.2 Å². The molecule has 1 atom stereocenters. The smallest absolute Gasteiger partial charge is 0.253 e. The number of aromatic nitrogens is 2. The van der Waals surface area contributed by atoms with Crippen molar-refractivity contribution in [3.63, 3.8) is 0 Å². The third kappa shape index (κ3) is 3.74. The van der Waals surface area contributed by atoms with Crippen molar-refractivity contribution in [1.29, 1.82) is 5.26 Å². The molecule has 0 saturated carbocycles. The van der Waals surface area contributed by atoms with E-state index in [9.17, 15) is 4.79 Å². The number of aryl methyl sites for hydroxylation is 1. The Labute approximate surface area is 148 Å². The highest BCUT2D eigenvalue weighted by atomic mass is 16.2. The molecule has 0 aliphatic carbocycles. The standard InChI is InChI=1S/C20H24N4O/c1-3-8-24-15(2)13-22-19(24)11-17-7-9-23(14-17)20(25)18-6-4-5-16(10-18)12-21/h4-6,10,13,17H,3,7-9,11,14H2,1-2H3. The maximum Gasteiger partial charge on any atom is 0.253 e. The number of amides is 1. The van der Waals surface area contributed by atoms with Gasteiger partial charge in [-0.05, 0) is 43.9 Å². The summed E-state index contributed by atoms with van der Waals surface area (Å²) in [5, 5.41) is 9.00. The molecule has 1 aromatic heterocycles. The lowest BCUT2D eigenvalue weighted by Gasteiger charge is -2.17. The number of imidazole rings is 1. The van der Waals surface area contributed by atoms with Gasteiger partial charge in [0.25, 0.3) is 5.91 Å². The quantitative estimate of drug-likeness (QED) is 0.842. The van der Waals surface area contributed by atoms with Crippen molar-refractivity contribution in [2.24, 2.45) is 5.92 Å². The molecule has 0 spiro atoms. The summed E-state index contributed by atoms with van der Waals surface area (Å²) in [6, 6.07) is 9.04. The van der Waals surface area contributed by atoms with Crippen LogP contribution in [0.2, 0.25) is 0 Å². The fourth-order valence-electron chi connectivity index (χ4n) is 3.55. The molecular formula is C20H24N4O. The van der Waals surface area contributed by atoms with E-state index in [1.165, 1.54) is 5.69 Å². The van der Waals surface area contributed by atoms with Crippen molar-refractivity contribution in [3.8, 4) is 6.07 Å². The number of likely N-dealkylation sites (tertiary alicyclic amines) is 1. The maximum absolute atomic E-state index is 12.7. The number of benzene rings is 1. The van der Waals surface area contributed by atoms with Gasteiger partial charge in [-0.2, -0.15) is 5.26 Å². The predicted molar refractivity (Wildman–Crippen MR) is 96.1 cm³/mol. The van der Waals surface area contributed by atoms with E-state index in [0.717, 1.165) is 44.7 Å². The van der Waals surface area contributed by atoms with Crippen LogP contribution >= 0.6 is 0 Å². The molecule has 0 bridgehead atoms. The summed E-state index contributed by atoms with van der Waals surface area (Å²) in [7, 11) is 0. The van der Waals surface area contributed by atoms with Gasteiger partial charge >= 0.3 is 0 Å². The molecule has 0 N–H and O–H groups in total. The molecule has 1 amide bonds. The zero-order valence-corrected chi connectivity index (χ0v) is 14.9. The summed E-state index contributed by atoms with van der Waals surface area (Å²) in [5.74, 6) is 1.60. The van der Waals surface area contributed by atoms with Gasteiger partial charge in [-0.15, -0.1) is 0 Å². The van der Waals surface area contributed by atoms with Crippen LogP contribution < -0.4 is 0 Å². The Morgan fingerprint density at radius 2 is 2.28 bits per heavy atom. The summed E-state index contributed by atoms with van der Waals surface area (Å²) in [5.41, 5.74) is 2.33. The Bertz CT molecular complexity index is 802. The van der Waals surface area contributed by atoms with Crippen LogP contribution in [0.3, 0.4) is 0 Å². The fourth-order valence-corrected chi connectivity index (χ4v) is 3.55. The Hall–Kier alpha value is -2.61. The van der Waals surface area contributed by atoms with Gasteiger partial charge in [-0.3, -0.25) is 4.79 Å². The first kappa shape index (κ1) is 17.2. The van der Waals surface area contributed by atoms with E-state index in [0.29, 0.717) is 17.0 Å². The average Bonchev–Trinajstić information content (AvgIpc) is 3.23. The number of nitriles is 1. The van der Waals surface area contributed by atoms with Gasteiger partial charge in [0.2, 0.25) is 0 Å². The molecule has 2 heterocycles. The molecule has 1 aliphatic rings. The molecule has 3 rings (SSSR count). The van der Waals surface area contributed by atoms with E-state index in [2.05, 4.69) is 29.5 Å². The Balaban J connectivity index is 1.66. The summed E-state index contributed by atoms with van der Waals surface area (Å²) < 4.78 is 2.29. The van der Waals surface area contributed by atoms with Gasteiger partial charge in [0.1, 0.15) is 5.82 Å². The Kier molecular flexibility index (Phi) is 5.18. The van der Waals surface area contributed by atoms with Crippen molar-refractivity contribution >= 4 is 5.91 Å². The summed E-state index contributed by atoms with van der Waals surface area (Å²) in [6.45, 7) is 6.80. The summed E-state index contributed by atoms with van der Waals surface area (Å²) in [4.78, 5) is 19.2.